The molecule has 1 atom stereocenters. The normalized spacial score (nSPS) is 22.8. The van der Waals surface area contributed by atoms with E-state index in [1.165, 1.54) is 12.8 Å². The van der Waals surface area contributed by atoms with Crippen molar-refractivity contribution in [2.75, 3.05) is 13.1 Å². The highest BCUT2D eigenvalue weighted by atomic mass is 15.0. The zero-order valence-electron chi connectivity index (χ0n) is 8.91. The zero-order valence-corrected chi connectivity index (χ0v) is 8.91. The summed E-state index contributed by atoms with van der Waals surface area (Å²) < 4.78 is 0. The van der Waals surface area contributed by atoms with Crippen LogP contribution in [0.25, 0.3) is 0 Å². The predicted molar refractivity (Wildman–Crippen MR) is 56.3 cm³/mol. The molecule has 0 aliphatic heterocycles. The highest BCUT2D eigenvalue weighted by Crippen LogP contribution is 2.53. The molecule has 2 heteroatoms. The average Bonchev–Trinajstić information content (AvgIpc) is 2.85. The van der Waals surface area contributed by atoms with Crippen molar-refractivity contribution in [2.45, 2.75) is 39.2 Å². The van der Waals surface area contributed by atoms with E-state index in [2.05, 4.69) is 31.0 Å². The van der Waals surface area contributed by atoms with E-state index in [4.69, 9.17) is 5.73 Å². The summed E-state index contributed by atoms with van der Waals surface area (Å²) in [5.41, 5.74) is 6.27. The lowest BCUT2D eigenvalue weighted by Gasteiger charge is -2.35. The van der Waals surface area contributed by atoms with Gasteiger partial charge in [-0.25, -0.2) is 0 Å². The van der Waals surface area contributed by atoms with Crippen LogP contribution in [0.4, 0.5) is 0 Å². The van der Waals surface area contributed by atoms with E-state index in [1.54, 1.807) is 0 Å². The topological polar surface area (TPSA) is 38.0 Å². The minimum Gasteiger partial charge on any atom is -0.329 e. The van der Waals surface area contributed by atoms with Crippen molar-refractivity contribution in [1.29, 1.82) is 0 Å². The van der Waals surface area contributed by atoms with Crippen molar-refractivity contribution < 1.29 is 0 Å². The van der Waals surface area contributed by atoms with E-state index in [0.29, 0.717) is 12.0 Å². The van der Waals surface area contributed by atoms with E-state index in [9.17, 15) is 0 Å². The molecular formula is C11H20N2. The summed E-state index contributed by atoms with van der Waals surface area (Å²) in [5.74, 6) is 5.90. The van der Waals surface area contributed by atoms with E-state index >= 15 is 0 Å². The molecular weight excluding hydrogens is 160 g/mol. The van der Waals surface area contributed by atoms with Gasteiger partial charge in [0.05, 0.1) is 6.54 Å². The summed E-state index contributed by atoms with van der Waals surface area (Å²) in [6.07, 6.45) is 2.57. The van der Waals surface area contributed by atoms with Crippen molar-refractivity contribution in [2.24, 2.45) is 11.1 Å². The first-order valence-electron chi connectivity index (χ1n) is 4.93. The Kier molecular flexibility index (Phi) is 3.00. The molecule has 3 N–H and O–H groups in total. The predicted octanol–water partition coefficient (Wildman–Crippen LogP) is 1.12. The first-order chi connectivity index (χ1) is 6.08. The van der Waals surface area contributed by atoms with Gasteiger partial charge in [-0.2, -0.15) is 0 Å². The third kappa shape index (κ3) is 2.04. The van der Waals surface area contributed by atoms with Crippen molar-refractivity contribution >= 4 is 0 Å². The number of hydrogen-bond donors (Lipinski definition) is 2. The minimum atomic E-state index is 0.0663. The smallest absolute Gasteiger partial charge is 0.0581 e. The van der Waals surface area contributed by atoms with Gasteiger partial charge >= 0.3 is 0 Å². The fraction of sp³-hybridized carbons (Fsp3) is 0.818. The van der Waals surface area contributed by atoms with Gasteiger partial charge in [-0.15, -0.1) is 5.92 Å². The lowest BCUT2D eigenvalue weighted by Crippen LogP contribution is -2.54. The van der Waals surface area contributed by atoms with Gasteiger partial charge in [-0.1, -0.05) is 12.8 Å². The Labute approximate surface area is 81.3 Å². The third-order valence-corrected chi connectivity index (χ3v) is 3.48. The molecule has 74 valence electrons. The maximum atomic E-state index is 5.80. The van der Waals surface area contributed by atoms with Gasteiger partial charge in [-0.3, -0.25) is 5.32 Å². The molecule has 0 heterocycles. The van der Waals surface area contributed by atoms with Gasteiger partial charge in [0.2, 0.25) is 0 Å². The molecule has 0 aromatic rings. The molecule has 0 aromatic heterocycles. The van der Waals surface area contributed by atoms with Gasteiger partial charge in [0, 0.05) is 12.1 Å². The van der Waals surface area contributed by atoms with Crippen LogP contribution in [0.2, 0.25) is 0 Å². The van der Waals surface area contributed by atoms with Gasteiger partial charge < -0.3 is 5.73 Å². The molecule has 1 rings (SSSR count). The summed E-state index contributed by atoms with van der Waals surface area (Å²) in [6.45, 7) is 7.80. The molecule has 0 saturated heterocycles. The molecule has 0 amide bonds. The van der Waals surface area contributed by atoms with Crippen LogP contribution in [0.15, 0.2) is 0 Å². The molecule has 13 heavy (non-hydrogen) atoms. The second-order valence-corrected chi connectivity index (χ2v) is 4.38. The Morgan fingerprint density at radius 1 is 1.54 bits per heavy atom. The van der Waals surface area contributed by atoms with Crippen molar-refractivity contribution in [1.82, 2.24) is 5.32 Å². The van der Waals surface area contributed by atoms with E-state index in [-0.39, 0.29) is 5.54 Å². The number of nitrogens with two attached hydrogens (primary N) is 1. The van der Waals surface area contributed by atoms with Crippen LogP contribution in [0.3, 0.4) is 0 Å². The standard InChI is InChI=1S/C11H20N2/c1-4-5-8-13-11(3,9-12)10(2)6-7-10/h13H,6-9,12H2,1-3H3. The van der Waals surface area contributed by atoms with Crippen LogP contribution in [-0.2, 0) is 0 Å². The van der Waals surface area contributed by atoms with Crippen molar-refractivity contribution in [3.05, 3.63) is 0 Å². The van der Waals surface area contributed by atoms with Crippen LogP contribution in [-0.4, -0.2) is 18.6 Å². The van der Waals surface area contributed by atoms with Crippen molar-refractivity contribution in [3.63, 3.8) is 0 Å². The summed E-state index contributed by atoms with van der Waals surface area (Å²) in [6, 6.07) is 0. The molecule has 1 aliphatic rings. The Balaban J connectivity index is 2.52. The van der Waals surface area contributed by atoms with Crippen LogP contribution in [0, 0.1) is 17.3 Å². The summed E-state index contributed by atoms with van der Waals surface area (Å²) in [4.78, 5) is 0. The Bertz CT molecular complexity index is 232. The van der Waals surface area contributed by atoms with E-state index in [1.807, 2.05) is 6.92 Å². The average molecular weight is 180 g/mol. The molecule has 0 spiro atoms. The first-order valence-corrected chi connectivity index (χ1v) is 4.93. The molecule has 2 nitrogen and oxygen atoms in total. The molecule has 1 aliphatic carbocycles. The van der Waals surface area contributed by atoms with E-state index < -0.39 is 0 Å². The highest BCUT2D eigenvalue weighted by molar-refractivity contribution is 5.10. The maximum absolute atomic E-state index is 5.80. The largest absolute Gasteiger partial charge is 0.329 e. The second-order valence-electron chi connectivity index (χ2n) is 4.38. The summed E-state index contributed by atoms with van der Waals surface area (Å²) in [5, 5.41) is 3.45. The lowest BCUT2D eigenvalue weighted by molar-refractivity contribution is 0.242. The number of rotatable bonds is 4. The molecule has 0 bridgehead atoms. The minimum absolute atomic E-state index is 0.0663. The van der Waals surface area contributed by atoms with Gasteiger partial charge in [0.1, 0.15) is 0 Å². The Morgan fingerprint density at radius 3 is 2.54 bits per heavy atom. The summed E-state index contributed by atoms with van der Waals surface area (Å²) in [7, 11) is 0. The molecule has 0 aromatic carbocycles. The van der Waals surface area contributed by atoms with Gasteiger partial charge in [0.15, 0.2) is 0 Å². The van der Waals surface area contributed by atoms with Crippen LogP contribution in [0.1, 0.15) is 33.6 Å². The fourth-order valence-electron chi connectivity index (χ4n) is 1.60. The Morgan fingerprint density at radius 2 is 2.15 bits per heavy atom. The van der Waals surface area contributed by atoms with Crippen molar-refractivity contribution in [3.8, 4) is 11.8 Å². The SMILES string of the molecule is CC#CCNC(C)(CN)C1(C)CC1. The molecule has 1 saturated carbocycles. The second kappa shape index (κ2) is 3.69. The van der Waals surface area contributed by atoms with Gasteiger partial charge in [0.25, 0.3) is 0 Å². The Hall–Kier alpha value is -0.520. The molecule has 0 radical (unpaired) electrons. The molecule has 1 fully saturated rings. The monoisotopic (exact) mass is 180 g/mol. The lowest BCUT2D eigenvalue weighted by atomic mass is 9.84. The zero-order chi connectivity index (χ0) is 9.95. The number of nitrogens with one attached hydrogen (secondary N) is 1. The third-order valence-electron chi connectivity index (χ3n) is 3.48. The maximum Gasteiger partial charge on any atom is 0.0581 e. The van der Waals surface area contributed by atoms with Crippen LogP contribution >= 0.6 is 0 Å². The first kappa shape index (κ1) is 10.6. The highest BCUT2D eigenvalue weighted by Gasteiger charge is 2.51. The summed E-state index contributed by atoms with van der Waals surface area (Å²) >= 11 is 0. The van der Waals surface area contributed by atoms with Gasteiger partial charge in [-0.05, 0) is 32.1 Å². The number of hydrogen-bond acceptors (Lipinski definition) is 2. The fourth-order valence-corrected chi connectivity index (χ4v) is 1.60. The van der Waals surface area contributed by atoms with E-state index in [0.717, 1.165) is 6.54 Å². The van der Waals surface area contributed by atoms with Crippen LogP contribution < -0.4 is 11.1 Å². The quantitative estimate of drug-likeness (QED) is 0.636. The molecule has 1 unspecified atom stereocenters. The van der Waals surface area contributed by atoms with Crippen LogP contribution in [0.5, 0.6) is 0 Å².